The van der Waals surface area contributed by atoms with Crippen LogP contribution in [0, 0.1) is 6.92 Å². The molecule has 0 aliphatic rings. The lowest BCUT2D eigenvalue weighted by atomic mass is 10.1. The number of hydrogen-bond donors (Lipinski definition) is 3. The number of nitrogens with one attached hydrogen (secondary N) is 2. The number of rotatable bonds is 5. The third-order valence-corrected chi connectivity index (χ3v) is 3.31. The summed E-state index contributed by atoms with van der Waals surface area (Å²) >= 11 is 0. The summed E-state index contributed by atoms with van der Waals surface area (Å²) in [6.07, 6.45) is -4.34. The number of aromatic nitrogens is 3. The van der Waals surface area contributed by atoms with Crippen molar-refractivity contribution in [3.63, 3.8) is 0 Å². The summed E-state index contributed by atoms with van der Waals surface area (Å²) in [5.41, 5.74) is 1.13. The lowest BCUT2D eigenvalue weighted by Crippen LogP contribution is -2.30. The van der Waals surface area contributed by atoms with E-state index in [2.05, 4.69) is 20.7 Å². The number of carboxylic acid groups (broad SMARTS) is 1. The topological polar surface area (TPSA) is 118 Å². The molecule has 28 heavy (non-hydrogen) atoms. The number of benzene rings is 1. The highest BCUT2D eigenvalue weighted by Gasteiger charge is 2.38. The number of carbonyl (C=O) groups excluding carboxylic acids is 1. The first-order chi connectivity index (χ1) is 13.0. The number of halogens is 3. The molecule has 0 unspecified atom stereocenters. The van der Waals surface area contributed by atoms with Crippen molar-refractivity contribution >= 4 is 17.9 Å². The molecule has 12 heteroatoms. The average Bonchev–Trinajstić information content (AvgIpc) is 2.92. The maximum absolute atomic E-state index is 11.7. The van der Waals surface area contributed by atoms with Gasteiger partial charge in [0.15, 0.2) is 0 Å². The number of hydrogen-bond acceptors (Lipinski definition) is 5. The Balaban J connectivity index is 0.000000480. The van der Waals surface area contributed by atoms with E-state index in [-0.39, 0.29) is 6.03 Å². The van der Waals surface area contributed by atoms with Crippen molar-refractivity contribution in [1.29, 1.82) is 0 Å². The molecule has 0 saturated heterocycles. The van der Waals surface area contributed by atoms with Gasteiger partial charge in [-0.25, -0.2) is 9.59 Å². The minimum atomic E-state index is -5.08. The van der Waals surface area contributed by atoms with Crippen molar-refractivity contribution in [2.24, 2.45) is 7.05 Å². The van der Waals surface area contributed by atoms with Gasteiger partial charge in [0.2, 0.25) is 5.95 Å². The Morgan fingerprint density at radius 2 is 1.82 bits per heavy atom. The maximum atomic E-state index is 11.7. The second kappa shape index (κ2) is 10.1. The Hall–Kier alpha value is -3.31. The van der Waals surface area contributed by atoms with Crippen LogP contribution in [0.25, 0.3) is 0 Å². The van der Waals surface area contributed by atoms with Gasteiger partial charge in [0.25, 0.3) is 0 Å². The molecular formula is C16H20F3N5O4. The Morgan fingerprint density at radius 1 is 1.25 bits per heavy atom. The van der Waals surface area contributed by atoms with Crippen LogP contribution in [0.4, 0.5) is 23.9 Å². The number of aryl methyl sites for hydroxylation is 2. The molecule has 1 aromatic heterocycles. The maximum Gasteiger partial charge on any atom is 0.490 e. The molecular weight excluding hydrogens is 383 g/mol. The normalized spacial score (nSPS) is 10.5. The summed E-state index contributed by atoms with van der Waals surface area (Å²) in [4.78, 5) is 24.7. The first kappa shape index (κ1) is 22.7. The van der Waals surface area contributed by atoms with Crippen molar-refractivity contribution in [3.05, 3.63) is 35.7 Å². The van der Waals surface area contributed by atoms with Crippen molar-refractivity contribution in [3.8, 4) is 5.75 Å². The largest absolute Gasteiger partial charge is 0.497 e. The number of aliphatic carboxylic acids is 1. The van der Waals surface area contributed by atoms with Crippen LogP contribution in [-0.2, 0) is 18.3 Å². The molecule has 9 nitrogen and oxygen atoms in total. The zero-order chi connectivity index (χ0) is 21.3. The van der Waals surface area contributed by atoms with E-state index >= 15 is 0 Å². The Labute approximate surface area is 158 Å². The number of alkyl halides is 3. The first-order valence-corrected chi connectivity index (χ1v) is 7.88. The van der Waals surface area contributed by atoms with E-state index in [0.717, 1.165) is 23.6 Å². The van der Waals surface area contributed by atoms with E-state index in [1.54, 1.807) is 18.8 Å². The molecule has 0 atom stereocenters. The molecule has 1 heterocycles. The van der Waals surface area contributed by atoms with Gasteiger partial charge >= 0.3 is 18.2 Å². The lowest BCUT2D eigenvalue weighted by molar-refractivity contribution is -0.192. The molecule has 2 aromatic rings. The summed E-state index contributed by atoms with van der Waals surface area (Å²) in [6.45, 7) is 2.35. The minimum absolute atomic E-state index is 0.303. The Kier molecular flexibility index (Phi) is 8.23. The molecule has 1 aromatic carbocycles. The van der Waals surface area contributed by atoms with E-state index in [4.69, 9.17) is 14.6 Å². The van der Waals surface area contributed by atoms with Gasteiger partial charge < -0.3 is 15.2 Å². The van der Waals surface area contributed by atoms with Crippen molar-refractivity contribution in [2.75, 3.05) is 19.0 Å². The SMILES string of the molecule is COc1ccc(CCNC(=O)Nc2nc(C)n(C)n2)cc1.O=C(O)C(F)(F)F. The number of methoxy groups -OCH3 is 1. The Bertz CT molecular complexity index is 771. The van der Waals surface area contributed by atoms with E-state index in [1.807, 2.05) is 31.2 Å². The fraction of sp³-hybridized carbons (Fsp3) is 0.375. The third-order valence-electron chi connectivity index (χ3n) is 3.31. The molecule has 154 valence electrons. The number of amides is 2. The molecule has 0 aliphatic carbocycles. The number of urea groups is 1. The fourth-order valence-electron chi connectivity index (χ4n) is 1.77. The second-order valence-electron chi connectivity index (χ2n) is 5.39. The highest BCUT2D eigenvalue weighted by atomic mass is 19.4. The Morgan fingerprint density at radius 3 is 2.25 bits per heavy atom. The van der Waals surface area contributed by atoms with Crippen molar-refractivity contribution in [2.45, 2.75) is 19.5 Å². The van der Waals surface area contributed by atoms with Crippen LogP contribution >= 0.6 is 0 Å². The van der Waals surface area contributed by atoms with Crippen LogP contribution < -0.4 is 15.4 Å². The molecule has 0 aliphatic heterocycles. The van der Waals surface area contributed by atoms with Crippen LogP contribution in [-0.4, -0.2) is 51.7 Å². The van der Waals surface area contributed by atoms with Gasteiger partial charge in [-0.05, 0) is 31.0 Å². The van der Waals surface area contributed by atoms with E-state index < -0.39 is 12.1 Å². The van der Waals surface area contributed by atoms with Crippen LogP contribution in [0.15, 0.2) is 24.3 Å². The summed E-state index contributed by atoms with van der Waals surface area (Å²) < 4.78 is 38.4. The second-order valence-corrected chi connectivity index (χ2v) is 5.39. The van der Waals surface area contributed by atoms with E-state index in [1.165, 1.54) is 0 Å². The molecule has 0 saturated carbocycles. The van der Waals surface area contributed by atoms with Crippen molar-refractivity contribution in [1.82, 2.24) is 20.1 Å². The summed E-state index contributed by atoms with van der Waals surface area (Å²) in [7, 11) is 3.41. The van der Waals surface area contributed by atoms with Crippen LogP contribution in [0.5, 0.6) is 5.75 Å². The fourth-order valence-corrected chi connectivity index (χ4v) is 1.77. The first-order valence-electron chi connectivity index (χ1n) is 7.88. The third kappa shape index (κ3) is 7.93. The smallest absolute Gasteiger partial charge is 0.490 e. The molecule has 2 amide bonds. The van der Waals surface area contributed by atoms with Gasteiger partial charge in [0, 0.05) is 13.6 Å². The van der Waals surface area contributed by atoms with Gasteiger partial charge in [-0.2, -0.15) is 18.2 Å². The zero-order valence-corrected chi connectivity index (χ0v) is 15.4. The van der Waals surface area contributed by atoms with Crippen LogP contribution in [0.1, 0.15) is 11.4 Å². The average molecular weight is 403 g/mol. The van der Waals surface area contributed by atoms with Gasteiger partial charge in [-0.15, -0.1) is 5.10 Å². The lowest BCUT2D eigenvalue weighted by Gasteiger charge is -2.06. The number of carbonyl (C=O) groups is 2. The number of carboxylic acids is 1. The predicted molar refractivity (Wildman–Crippen MR) is 93.2 cm³/mol. The predicted octanol–water partition coefficient (Wildman–Crippen LogP) is 2.13. The van der Waals surface area contributed by atoms with E-state index in [9.17, 15) is 18.0 Å². The van der Waals surface area contributed by atoms with Gasteiger partial charge in [0.1, 0.15) is 11.6 Å². The summed E-state index contributed by atoms with van der Waals surface area (Å²) in [5, 5.41) is 16.5. The molecule has 2 rings (SSSR count). The standard InChI is InChI=1S/C14H19N5O2.C2HF3O2/c1-10-16-13(18-19(10)2)17-14(20)15-9-8-11-4-6-12(21-3)7-5-11;3-2(4,5)1(6)7/h4-7H,8-9H2,1-3H3,(H2,15,17,18,20);(H,6,7). The van der Waals surface area contributed by atoms with E-state index in [0.29, 0.717) is 12.5 Å². The van der Waals surface area contributed by atoms with Gasteiger partial charge in [-0.1, -0.05) is 12.1 Å². The van der Waals surface area contributed by atoms with Crippen molar-refractivity contribution < 1.29 is 32.6 Å². The molecule has 0 fully saturated rings. The highest BCUT2D eigenvalue weighted by Crippen LogP contribution is 2.13. The van der Waals surface area contributed by atoms with Crippen LogP contribution in [0.2, 0.25) is 0 Å². The minimum Gasteiger partial charge on any atom is -0.497 e. The molecule has 0 radical (unpaired) electrons. The summed E-state index contributed by atoms with van der Waals surface area (Å²) in [6, 6.07) is 7.44. The number of nitrogens with zero attached hydrogens (tertiary/aromatic N) is 3. The monoisotopic (exact) mass is 403 g/mol. The summed E-state index contributed by atoms with van der Waals surface area (Å²) in [5.74, 6) is -0.894. The number of ether oxygens (including phenoxy) is 1. The molecule has 0 bridgehead atoms. The van der Waals surface area contributed by atoms with Crippen LogP contribution in [0.3, 0.4) is 0 Å². The highest BCUT2D eigenvalue weighted by molar-refractivity contribution is 5.87. The van der Waals surface area contributed by atoms with Gasteiger partial charge in [0.05, 0.1) is 7.11 Å². The van der Waals surface area contributed by atoms with Gasteiger partial charge in [-0.3, -0.25) is 10.00 Å². The quantitative estimate of drug-likeness (QED) is 0.704. The molecule has 3 N–H and O–H groups in total. The number of anilines is 1. The molecule has 0 spiro atoms. The zero-order valence-electron chi connectivity index (χ0n) is 15.4.